The molecule has 1 fully saturated rings. The number of ether oxygens (including phenoxy) is 1. The summed E-state index contributed by atoms with van der Waals surface area (Å²) in [6, 6.07) is 4.30. The molecule has 0 atom stereocenters. The van der Waals surface area contributed by atoms with Crippen LogP contribution in [0.15, 0.2) is 24.8 Å². The number of methoxy groups -OCH3 is 1. The minimum Gasteiger partial charge on any atom is -0.496 e. The second-order valence-corrected chi connectivity index (χ2v) is 5.96. The topological polar surface area (TPSA) is 27.7 Å². The van der Waals surface area contributed by atoms with Crippen molar-refractivity contribution in [2.75, 3.05) is 7.11 Å². The van der Waals surface area contributed by atoms with Crippen LogP contribution in [0.4, 0.5) is 4.39 Å². The van der Waals surface area contributed by atoms with Crippen LogP contribution in [-0.4, -0.2) is 25.4 Å². The summed E-state index contributed by atoms with van der Waals surface area (Å²) in [5.41, 5.74) is 0.202. The van der Waals surface area contributed by atoms with Gasteiger partial charge >= 0.3 is 7.12 Å². The fourth-order valence-electron chi connectivity index (χ4n) is 2.04. The van der Waals surface area contributed by atoms with Crippen molar-refractivity contribution in [2.24, 2.45) is 0 Å². The van der Waals surface area contributed by atoms with Crippen molar-refractivity contribution >= 4 is 12.6 Å². The van der Waals surface area contributed by atoms with Gasteiger partial charge in [-0.1, -0.05) is 6.58 Å². The SMILES string of the molecule is C=C(B1OC(C)(C)C(C)(C)O1)c1cc(F)ccc1OC. The van der Waals surface area contributed by atoms with E-state index in [4.69, 9.17) is 14.0 Å². The molecule has 0 aromatic heterocycles. The van der Waals surface area contributed by atoms with Crippen molar-refractivity contribution in [1.29, 1.82) is 0 Å². The molecule has 0 N–H and O–H groups in total. The van der Waals surface area contributed by atoms with E-state index in [1.54, 1.807) is 6.07 Å². The fraction of sp³-hybridized carbons (Fsp3) is 0.467. The third-order valence-corrected chi connectivity index (χ3v) is 4.05. The largest absolute Gasteiger partial charge is 0.496 e. The summed E-state index contributed by atoms with van der Waals surface area (Å²) in [5, 5.41) is 0. The summed E-state index contributed by atoms with van der Waals surface area (Å²) in [6.45, 7) is 11.8. The van der Waals surface area contributed by atoms with Crippen LogP contribution < -0.4 is 4.74 Å². The van der Waals surface area contributed by atoms with Crippen LogP contribution in [0, 0.1) is 5.82 Å². The number of hydrogen-bond donors (Lipinski definition) is 0. The molecule has 108 valence electrons. The molecule has 1 saturated heterocycles. The molecule has 1 aliphatic rings. The summed E-state index contributed by atoms with van der Waals surface area (Å²) in [5.74, 6) is 0.199. The van der Waals surface area contributed by atoms with Crippen molar-refractivity contribution < 1.29 is 18.4 Å². The zero-order valence-electron chi connectivity index (χ0n) is 12.6. The average molecular weight is 278 g/mol. The Morgan fingerprint density at radius 2 is 1.75 bits per heavy atom. The van der Waals surface area contributed by atoms with E-state index in [0.29, 0.717) is 16.8 Å². The Morgan fingerprint density at radius 1 is 1.20 bits per heavy atom. The molecule has 0 bridgehead atoms. The van der Waals surface area contributed by atoms with Crippen LogP contribution in [0.5, 0.6) is 5.75 Å². The second kappa shape index (κ2) is 4.90. The number of benzene rings is 1. The molecule has 5 heteroatoms. The minimum atomic E-state index is -0.615. The van der Waals surface area contributed by atoms with Crippen molar-refractivity contribution in [3.8, 4) is 5.75 Å². The van der Waals surface area contributed by atoms with Crippen LogP contribution >= 0.6 is 0 Å². The highest BCUT2D eigenvalue weighted by molar-refractivity contribution is 6.68. The predicted molar refractivity (Wildman–Crippen MR) is 78.1 cm³/mol. The van der Waals surface area contributed by atoms with E-state index in [1.165, 1.54) is 19.2 Å². The number of hydrogen-bond acceptors (Lipinski definition) is 3. The maximum Gasteiger partial charge on any atom is 0.494 e. The molecule has 0 aliphatic carbocycles. The van der Waals surface area contributed by atoms with Gasteiger partial charge in [0.1, 0.15) is 11.6 Å². The first kappa shape index (κ1) is 15.1. The quantitative estimate of drug-likeness (QED) is 0.792. The van der Waals surface area contributed by atoms with Crippen molar-refractivity contribution in [1.82, 2.24) is 0 Å². The van der Waals surface area contributed by atoms with Gasteiger partial charge in [-0.15, -0.1) is 0 Å². The predicted octanol–water partition coefficient (Wildman–Crippen LogP) is 3.48. The maximum absolute atomic E-state index is 13.5. The van der Waals surface area contributed by atoms with Gasteiger partial charge in [0.2, 0.25) is 0 Å². The lowest BCUT2D eigenvalue weighted by atomic mass is 9.75. The Kier molecular flexibility index (Phi) is 3.69. The molecule has 0 saturated carbocycles. The van der Waals surface area contributed by atoms with Gasteiger partial charge in [0.25, 0.3) is 0 Å². The Labute approximate surface area is 119 Å². The molecule has 0 amide bonds. The van der Waals surface area contributed by atoms with Crippen LogP contribution in [-0.2, 0) is 9.31 Å². The summed E-state index contributed by atoms with van der Waals surface area (Å²) >= 11 is 0. The Hall–Kier alpha value is -1.33. The summed E-state index contributed by atoms with van der Waals surface area (Å²) in [7, 11) is 0.921. The molecule has 0 radical (unpaired) electrons. The number of halogens is 1. The first-order chi connectivity index (χ1) is 9.18. The third kappa shape index (κ3) is 2.48. The van der Waals surface area contributed by atoms with Crippen molar-refractivity contribution in [3.05, 3.63) is 36.2 Å². The summed E-state index contributed by atoms with van der Waals surface area (Å²) in [4.78, 5) is 0. The highest BCUT2D eigenvalue weighted by Gasteiger charge is 2.52. The van der Waals surface area contributed by atoms with Gasteiger partial charge in [0, 0.05) is 5.56 Å². The molecular formula is C15H20BFO3. The lowest BCUT2D eigenvalue weighted by molar-refractivity contribution is 0.00578. The van der Waals surface area contributed by atoms with Gasteiger partial charge in [-0.2, -0.15) is 0 Å². The van der Waals surface area contributed by atoms with Gasteiger partial charge in [-0.25, -0.2) is 4.39 Å². The second-order valence-electron chi connectivity index (χ2n) is 5.96. The van der Waals surface area contributed by atoms with E-state index in [0.717, 1.165) is 0 Å². The molecule has 3 nitrogen and oxygen atoms in total. The van der Waals surface area contributed by atoms with Gasteiger partial charge < -0.3 is 14.0 Å². The molecule has 2 rings (SSSR count). The molecular weight excluding hydrogens is 258 g/mol. The number of rotatable bonds is 3. The minimum absolute atomic E-state index is 0.349. The van der Waals surface area contributed by atoms with Gasteiger partial charge in [-0.05, 0) is 51.4 Å². The van der Waals surface area contributed by atoms with Crippen LogP contribution in [0.1, 0.15) is 33.3 Å². The molecule has 1 heterocycles. The third-order valence-electron chi connectivity index (χ3n) is 4.05. The lowest BCUT2D eigenvalue weighted by Gasteiger charge is -2.32. The molecule has 0 spiro atoms. The molecule has 0 unspecified atom stereocenters. The summed E-state index contributed by atoms with van der Waals surface area (Å²) in [6.07, 6.45) is 0. The first-order valence-electron chi connectivity index (χ1n) is 6.56. The Balaban J connectivity index is 2.32. The Morgan fingerprint density at radius 3 is 2.25 bits per heavy atom. The zero-order valence-corrected chi connectivity index (χ0v) is 12.6. The monoisotopic (exact) mass is 278 g/mol. The van der Waals surface area contributed by atoms with E-state index in [1.807, 2.05) is 27.7 Å². The van der Waals surface area contributed by atoms with Gasteiger partial charge in [0.05, 0.1) is 18.3 Å². The van der Waals surface area contributed by atoms with E-state index in [9.17, 15) is 4.39 Å². The standard InChI is InChI=1S/C15H20BFO3/c1-10(12-9-11(17)7-8-13(12)18-6)16-19-14(2,3)15(4,5)20-16/h7-9H,1H2,2-6H3. The van der Waals surface area contributed by atoms with Crippen LogP contribution in [0.25, 0.3) is 5.47 Å². The van der Waals surface area contributed by atoms with Crippen LogP contribution in [0.3, 0.4) is 0 Å². The van der Waals surface area contributed by atoms with E-state index in [2.05, 4.69) is 6.58 Å². The lowest BCUT2D eigenvalue weighted by Crippen LogP contribution is -2.41. The van der Waals surface area contributed by atoms with Gasteiger partial charge in [0.15, 0.2) is 0 Å². The molecule has 1 aromatic carbocycles. The average Bonchev–Trinajstić information content (AvgIpc) is 2.57. The van der Waals surface area contributed by atoms with E-state index >= 15 is 0 Å². The Bertz CT molecular complexity index is 524. The maximum atomic E-state index is 13.5. The highest BCUT2D eigenvalue weighted by Crippen LogP contribution is 2.41. The van der Waals surface area contributed by atoms with Crippen LogP contribution in [0.2, 0.25) is 0 Å². The highest BCUT2D eigenvalue weighted by atomic mass is 19.1. The van der Waals surface area contributed by atoms with Crippen molar-refractivity contribution in [3.63, 3.8) is 0 Å². The molecule has 1 aromatic rings. The molecule has 1 aliphatic heterocycles. The van der Waals surface area contributed by atoms with Gasteiger partial charge in [-0.3, -0.25) is 0 Å². The zero-order chi connectivity index (χ0) is 15.1. The molecule has 20 heavy (non-hydrogen) atoms. The fourth-order valence-corrected chi connectivity index (χ4v) is 2.04. The normalized spacial score (nSPS) is 20.0. The van der Waals surface area contributed by atoms with Crippen molar-refractivity contribution in [2.45, 2.75) is 38.9 Å². The van der Waals surface area contributed by atoms with E-state index < -0.39 is 18.3 Å². The summed E-state index contributed by atoms with van der Waals surface area (Å²) < 4.78 is 30.5. The smallest absolute Gasteiger partial charge is 0.494 e. The van der Waals surface area contributed by atoms with E-state index in [-0.39, 0.29) is 5.82 Å². The first-order valence-corrected chi connectivity index (χ1v) is 6.56.